The quantitative estimate of drug-likeness (QED) is 0.500. The summed E-state index contributed by atoms with van der Waals surface area (Å²) in [5.41, 5.74) is -0.223. The van der Waals surface area contributed by atoms with Gasteiger partial charge in [0.1, 0.15) is 5.82 Å². The third-order valence-electron chi connectivity index (χ3n) is 2.21. The Morgan fingerprint density at radius 3 is 2.65 bits per heavy atom. The molecule has 0 spiro atoms. The van der Waals surface area contributed by atoms with Crippen LogP contribution >= 0.6 is 0 Å². The second kappa shape index (κ2) is 3.93. The molecule has 0 saturated heterocycles. The van der Waals surface area contributed by atoms with E-state index >= 15 is 0 Å². The predicted molar refractivity (Wildman–Crippen MR) is 54.2 cm³/mol. The molecule has 0 aliphatic heterocycles. The van der Waals surface area contributed by atoms with Gasteiger partial charge in [0.2, 0.25) is 6.20 Å². The Hall–Kier alpha value is -2.31. The molecule has 0 aliphatic carbocycles. The smallest absolute Gasteiger partial charge is 0.235 e. The van der Waals surface area contributed by atoms with Gasteiger partial charge in [0.25, 0.3) is 0 Å². The van der Waals surface area contributed by atoms with E-state index in [2.05, 4.69) is 4.98 Å². The molecular weight excluding hydrogens is 237 g/mol. The van der Waals surface area contributed by atoms with Crippen LogP contribution in [0.1, 0.15) is 5.56 Å². The average molecular weight is 242 g/mol. The third-order valence-corrected chi connectivity index (χ3v) is 2.21. The summed E-state index contributed by atoms with van der Waals surface area (Å²) in [6.07, 6.45) is 2.68. The van der Waals surface area contributed by atoms with E-state index in [1.54, 1.807) is 0 Å². The van der Waals surface area contributed by atoms with E-state index in [0.29, 0.717) is 12.3 Å². The second-order valence-corrected chi connectivity index (χ2v) is 3.25. The number of nitrogens with one attached hydrogen (secondary N) is 1. The van der Waals surface area contributed by atoms with Gasteiger partial charge in [-0.1, -0.05) is 0 Å². The highest BCUT2D eigenvalue weighted by atomic mass is 19.2. The Labute approximate surface area is 92.5 Å². The zero-order valence-corrected chi connectivity index (χ0v) is 8.21. The maximum Gasteiger partial charge on any atom is 0.235 e. The summed E-state index contributed by atoms with van der Waals surface area (Å²) in [7, 11) is 0. The molecule has 0 aliphatic rings. The molecule has 4 nitrogen and oxygen atoms in total. The molecule has 17 heavy (non-hydrogen) atoms. The molecule has 1 N–H and O–H groups in total. The first-order chi connectivity index (χ1) is 8.00. The minimum absolute atomic E-state index is 0.00704. The van der Waals surface area contributed by atoms with Crippen molar-refractivity contribution in [3.05, 3.63) is 51.6 Å². The van der Waals surface area contributed by atoms with Crippen LogP contribution in [0.5, 0.6) is 0 Å². The summed E-state index contributed by atoms with van der Waals surface area (Å²) in [5.74, 6) is -3.55. The Balaban J connectivity index is 2.71. The second-order valence-electron chi connectivity index (χ2n) is 3.25. The van der Waals surface area contributed by atoms with Crippen LogP contribution in [-0.4, -0.2) is 9.91 Å². The van der Waals surface area contributed by atoms with Crippen LogP contribution in [0.4, 0.5) is 13.2 Å². The van der Waals surface area contributed by atoms with Crippen molar-refractivity contribution in [2.24, 2.45) is 0 Å². The highest BCUT2D eigenvalue weighted by Gasteiger charge is 2.16. The molecule has 0 bridgehead atoms. The fourth-order valence-corrected chi connectivity index (χ4v) is 1.50. The summed E-state index contributed by atoms with van der Waals surface area (Å²) in [4.78, 5) is 11.8. The van der Waals surface area contributed by atoms with E-state index in [4.69, 9.17) is 0 Å². The van der Waals surface area contributed by atoms with Gasteiger partial charge in [-0.15, -0.1) is 0 Å². The maximum atomic E-state index is 13.4. The summed E-state index contributed by atoms with van der Waals surface area (Å²) in [6.45, 7) is 0. The molecule has 0 saturated carbocycles. The number of nitro groups is 1. The molecular formula is C10H5F3N2O2. The number of H-pyrrole nitrogens is 1. The van der Waals surface area contributed by atoms with Gasteiger partial charge in [0.05, 0.1) is 10.4 Å². The molecule has 0 amide bonds. The number of aromatic nitrogens is 1. The van der Waals surface area contributed by atoms with E-state index in [1.807, 2.05) is 0 Å². The molecule has 2 aromatic rings. The van der Waals surface area contributed by atoms with Crippen molar-refractivity contribution in [2.45, 2.75) is 0 Å². The summed E-state index contributed by atoms with van der Waals surface area (Å²) < 4.78 is 39.7. The summed E-state index contributed by atoms with van der Waals surface area (Å²) in [5, 5.41) is 9.77. The molecule has 0 radical (unpaired) electrons. The van der Waals surface area contributed by atoms with E-state index in [9.17, 15) is 23.3 Å². The molecule has 0 unspecified atom stereocenters. The summed E-state index contributed by atoms with van der Waals surface area (Å²) in [6, 6.07) is 0.412. The van der Waals surface area contributed by atoms with Crippen molar-refractivity contribution in [1.29, 1.82) is 0 Å². The molecule has 1 aromatic heterocycles. The van der Waals surface area contributed by atoms with Gasteiger partial charge in [0, 0.05) is 29.3 Å². The fourth-order valence-electron chi connectivity index (χ4n) is 1.50. The number of halogens is 3. The van der Waals surface area contributed by atoms with Crippen LogP contribution in [0, 0.1) is 27.6 Å². The lowest BCUT2D eigenvalue weighted by atomic mass is 10.1. The standard InChI is InChI=1S/C10H5F3N2O2/c11-6-3-7(12)10-8(9(6)13)5(4-14-10)1-2-15(16)17/h1-4,14H/b2-1+. The van der Waals surface area contributed by atoms with Crippen molar-refractivity contribution < 1.29 is 18.1 Å². The molecule has 1 aromatic carbocycles. The van der Waals surface area contributed by atoms with E-state index in [0.717, 1.165) is 12.3 Å². The van der Waals surface area contributed by atoms with Crippen LogP contribution in [0.25, 0.3) is 17.0 Å². The van der Waals surface area contributed by atoms with Gasteiger partial charge >= 0.3 is 0 Å². The number of fused-ring (bicyclic) bond motifs is 1. The SMILES string of the molecule is O=[N+]([O-])/C=C/c1c[nH]c2c(F)cc(F)c(F)c12. The van der Waals surface area contributed by atoms with E-state index in [-0.39, 0.29) is 16.5 Å². The van der Waals surface area contributed by atoms with Crippen LogP contribution in [0.15, 0.2) is 18.5 Å². The number of benzene rings is 1. The molecule has 0 atom stereocenters. The fraction of sp³-hybridized carbons (Fsp3) is 0. The lowest BCUT2D eigenvalue weighted by molar-refractivity contribution is -0.400. The number of nitrogens with zero attached hydrogens (tertiary/aromatic N) is 1. The zero-order chi connectivity index (χ0) is 12.6. The number of hydrogen-bond acceptors (Lipinski definition) is 2. The van der Waals surface area contributed by atoms with Gasteiger partial charge in [-0.25, -0.2) is 13.2 Å². The van der Waals surface area contributed by atoms with Crippen molar-refractivity contribution in [3.8, 4) is 0 Å². The van der Waals surface area contributed by atoms with Crippen molar-refractivity contribution in [3.63, 3.8) is 0 Å². The molecule has 2 rings (SSSR count). The minimum Gasteiger partial charge on any atom is -0.358 e. The van der Waals surface area contributed by atoms with Gasteiger partial charge in [-0.05, 0) is 0 Å². The monoisotopic (exact) mass is 242 g/mol. The van der Waals surface area contributed by atoms with Crippen LogP contribution in [0.3, 0.4) is 0 Å². The van der Waals surface area contributed by atoms with Gasteiger partial charge < -0.3 is 4.98 Å². The van der Waals surface area contributed by atoms with Gasteiger partial charge in [0.15, 0.2) is 11.6 Å². The first-order valence-corrected chi connectivity index (χ1v) is 4.47. The van der Waals surface area contributed by atoms with Crippen LogP contribution in [-0.2, 0) is 0 Å². The van der Waals surface area contributed by atoms with Crippen molar-refractivity contribution >= 4 is 17.0 Å². The Bertz CT molecular complexity index is 634. The Kier molecular flexibility index (Phi) is 2.58. The molecule has 0 fully saturated rings. The number of aromatic amines is 1. The van der Waals surface area contributed by atoms with Crippen LogP contribution in [0.2, 0.25) is 0 Å². The summed E-state index contributed by atoms with van der Waals surface area (Å²) >= 11 is 0. The zero-order valence-electron chi connectivity index (χ0n) is 8.21. The Morgan fingerprint density at radius 1 is 1.29 bits per heavy atom. The van der Waals surface area contributed by atoms with E-state index in [1.165, 1.54) is 0 Å². The van der Waals surface area contributed by atoms with Gasteiger partial charge in [-0.3, -0.25) is 10.1 Å². The predicted octanol–water partition coefficient (Wildman–Crippen LogP) is 2.83. The first kappa shape index (κ1) is 11.2. The highest BCUT2D eigenvalue weighted by Crippen LogP contribution is 2.27. The van der Waals surface area contributed by atoms with Crippen molar-refractivity contribution in [2.75, 3.05) is 0 Å². The Morgan fingerprint density at radius 2 is 2.00 bits per heavy atom. The largest absolute Gasteiger partial charge is 0.358 e. The lowest BCUT2D eigenvalue weighted by Crippen LogP contribution is -1.90. The maximum absolute atomic E-state index is 13.4. The first-order valence-electron chi connectivity index (χ1n) is 4.47. The third kappa shape index (κ3) is 1.86. The number of hydrogen-bond donors (Lipinski definition) is 1. The van der Waals surface area contributed by atoms with Gasteiger partial charge in [-0.2, -0.15) is 0 Å². The van der Waals surface area contributed by atoms with Crippen LogP contribution < -0.4 is 0 Å². The topological polar surface area (TPSA) is 58.9 Å². The molecule has 1 heterocycles. The average Bonchev–Trinajstić information content (AvgIpc) is 2.67. The van der Waals surface area contributed by atoms with E-state index < -0.39 is 22.4 Å². The molecule has 7 heteroatoms. The number of rotatable bonds is 2. The molecule has 88 valence electrons. The van der Waals surface area contributed by atoms with Crippen molar-refractivity contribution in [1.82, 2.24) is 4.98 Å². The highest BCUT2D eigenvalue weighted by molar-refractivity contribution is 5.89. The minimum atomic E-state index is -1.34. The normalized spacial score (nSPS) is 11.5. The lowest BCUT2D eigenvalue weighted by Gasteiger charge is -1.98.